The van der Waals surface area contributed by atoms with Crippen molar-refractivity contribution in [1.82, 2.24) is 5.32 Å². The second-order valence-electron chi connectivity index (χ2n) is 5.29. The van der Waals surface area contributed by atoms with Crippen molar-refractivity contribution in [3.8, 4) is 5.75 Å². The van der Waals surface area contributed by atoms with Gasteiger partial charge in [-0.25, -0.2) is 9.59 Å². The topological polar surface area (TPSA) is 84.9 Å². The molecule has 0 bridgehead atoms. The Labute approximate surface area is 128 Å². The zero-order valence-corrected chi connectivity index (χ0v) is 12.9. The molecule has 0 spiro atoms. The number of carboxylic acids is 1. The van der Waals surface area contributed by atoms with Crippen molar-refractivity contribution in [1.29, 1.82) is 0 Å². The van der Waals surface area contributed by atoms with Gasteiger partial charge in [-0.3, -0.25) is 0 Å². The van der Waals surface area contributed by atoms with E-state index in [1.54, 1.807) is 39.0 Å². The fourth-order valence-corrected chi connectivity index (χ4v) is 1.64. The molecule has 0 aromatic heterocycles. The van der Waals surface area contributed by atoms with Crippen LogP contribution in [0.3, 0.4) is 0 Å². The van der Waals surface area contributed by atoms with E-state index in [2.05, 4.69) is 5.32 Å². The highest BCUT2D eigenvalue weighted by molar-refractivity contribution is 6.30. The van der Waals surface area contributed by atoms with Gasteiger partial charge in [0, 0.05) is 17.1 Å². The summed E-state index contributed by atoms with van der Waals surface area (Å²) in [4.78, 5) is 22.1. The monoisotopic (exact) mass is 315 g/mol. The van der Waals surface area contributed by atoms with Crippen LogP contribution in [0, 0.1) is 0 Å². The van der Waals surface area contributed by atoms with Crippen molar-refractivity contribution >= 4 is 23.7 Å². The number of halogens is 1. The average Bonchev–Trinajstić information content (AvgIpc) is 2.33. The summed E-state index contributed by atoms with van der Waals surface area (Å²) in [6, 6.07) is 4.73. The summed E-state index contributed by atoms with van der Waals surface area (Å²) in [6.45, 7) is 4.92. The largest absolute Gasteiger partial charge is 0.482 e. The number of carbonyl (C=O) groups is 2. The highest BCUT2D eigenvalue weighted by Crippen LogP contribution is 2.23. The van der Waals surface area contributed by atoms with Gasteiger partial charge in [-0.2, -0.15) is 0 Å². The van der Waals surface area contributed by atoms with Crippen molar-refractivity contribution in [3.63, 3.8) is 0 Å². The minimum Gasteiger partial charge on any atom is -0.482 e. The molecule has 0 radical (unpaired) electrons. The molecule has 0 aliphatic rings. The highest BCUT2D eigenvalue weighted by Gasteiger charge is 2.16. The standard InChI is InChI=1S/C14H18ClNO5/c1-14(2,3)21-13(19)16-7-9-6-10(15)4-5-11(9)20-8-12(17)18/h4-6H,7-8H2,1-3H3,(H,16,19)(H,17,18). The summed E-state index contributed by atoms with van der Waals surface area (Å²) in [5.41, 5.74) is -0.0317. The van der Waals surface area contributed by atoms with Crippen LogP contribution in [0.15, 0.2) is 18.2 Å². The van der Waals surface area contributed by atoms with Crippen LogP contribution in [0.2, 0.25) is 5.02 Å². The molecule has 21 heavy (non-hydrogen) atoms. The molecule has 0 fully saturated rings. The summed E-state index contributed by atoms with van der Waals surface area (Å²) < 4.78 is 10.2. The number of hydrogen-bond donors (Lipinski definition) is 2. The van der Waals surface area contributed by atoms with E-state index >= 15 is 0 Å². The second kappa shape index (κ2) is 7.17. The van der Waals surface area contributed by atoms with Crippen molar-refractivity contribution < 1.29 is 24.2 Å². The van der Waals surface area contributed by atoms with E-state index < -0.39 is 24.3 Å². The smallest absolute Gasteiger partial charge is 0.407 e. The van der Waals surface area contributed by atoms with Gasteiger partial charge in [0.05, 0.1) is 0 Å². The Morgan fingerprint density at radius 2 is 2.00 bits per heavy atom. The molecule has 0 saturated carbocycles. The molecule has 116 valence electrons. The van der Waals surface area contributed by atoms with Gasteiger partial charge in [0.15, 0.2) is 6.61 Å². The van der Waals surface area contributed by atoms with E-state index in [1.807, 2.05) is 0 Å². The summed E-state index contributed by atoms with van der Waals surface area (Å²) in [5, 5.41) is 11.6. The maximum atomic E-state index is 11.6. The summed E-state index contributed by atoms with van der Waals surface area (Å²) in [7, 11) is 0. The number of nitrogens with one attached hydrogen (secondary N) is 1. The number of aliphatic carboxylic acids is 1. The van der Waals surface area contributed by atoms with E-state index in [-0.39, 0.29) is 6.54 Å². The number of alkyl carbamates (subject to hydrolysis) is 1. The minimum absolute atomic E-state index is 0.116. The molecule has 0 unspecified atom stereocenters. The van der Waals surface area contributed by atoms with Crippen molar-refractivity contribution in [2.45, 2.75) is 32.9 Å². The fraction of sp³-hybridized carbons (Fsp3) is 0.429. The molecule has 1 rings (SSSR count). The van der Waals surface area contributed by atoms with Crippen LogP contribution in [0.25, 0.3) is 0 Å². The molecule has 2 N–H and O–H groups in total. The first-order valence-electron chi connectivity index (χ1n) is 6.27. The summed E-state index contributed by atoms with van der Waals surface area (Å²) >= 11 is 5.89. The number of carbonyl (C=O) groups excluding carboxylic acids is 1. The Kier molecular flexibility index (Phi) is 5.84. The molecule has 0 atom stereocenters. The minimum atomic E-state index is -1.09. The molecule has 0 aliphatic heterocycles. The van der Waals surface area contributed by atoms with Crippen LogP contribution in [0.5, 0.6) is 5.75 Å². The molecule has 7 heteroatoms. The van der Waals surface area contributed by atoms with Crippen LogP contribution < -0.4 is 10.1 Å². The first-order chi connectivity index (χ1) is 9.67. The van der Waals surface area contributed by atoms with Gasteiger partial charge in [-0.1, -0.05) is 11.6 Å². The lowest BCUT2D eigenvalue weighted by molar-refractivity contribution is -0.139. The predicted molar refractivity (Wildman–Crippen MR) is 77.7 cm³/mol. The van der Waals surface area contributed by atoms with Crippen LogP contribution >= 0.6 is 11.6 Å². The summed E-state index contributed by atoms with van der Waals surface area (Å²) in [5.74, 6) is -0.742. The fourth-order valence-electron chi connectivity index (χ4n) is 1.45. The lowest BCUT2D eigenvalue weighted by Gasteiger charge is -2.20. The van der Waals surface area contributed by atoms with Gasteiger partial charge >= 0.3 is 12.1 Å². The molecule has 1 amide bonds. The van der Waals surface area contributed by atoms with Gasteiger partial charge in [-0.15, -0.1) is 0 Å². The maximum Gasteiger partial charge on any atom is 0.407 e. The van der Waals surface area contributed by atoms with Gasteiger partial charge < -0.3 is 19.9 Å². The maximum absolute atomic E-state index is 11.6. The number of rotatable bonds is 5. The van der Waals surface area contributed by atoms with Crippen LogP contribution in [-0.2, 0) is 16.1 Å². The van der Waals surface area contributed by atoms with Crippen molar-refractivity contribution in [2.24, 2.45) is 0 Å². The number of carboxylic acid groups (broad SMARTS) is 1. The Morgan fingerprint density at radius 3 is 2.57 bits per heavy atom. The predicted octanol–water partition coefficient (Wildman–Crippen LogP) is 2.83. The molecule has 1 aromatic rings. The quantitative estimate of drug-likeness (QED) is 0.872. The molecular formula is C14H18ClNO5. The average molecular weight is 316 g/mol. The second-order valence-corrected chi connectivity index (χ2v) is 5.73. The zero-order valence-electron chi connectivity index (χ0n) is 12.1. The van der Waals surface area contributed by atoms with E-state index in [1.165, 1.54) is 0 Å². The lowest BCUT2D eigenvalue weighted by Crippen LogP contribution is -2.32. The molecule has 0 aliphatic carbocycles. The third-order valence-electron chi connectivity index (χ3n) is 2.20. The first kappa shape index (κ1) is 17.1. The Morgan fingerprint density at radius 1 is 1.33 bits per heavy atom. The van der Waals surface area contributed by atoms with Crippen LogP contribution in [0.1, 0.15) is 26.3 Å². The van der Waals surface area contributed by atoms with Crippen LogP contribution in [-0.4, -0.2) is 29.4 Å². The van der Waals surface area contributed by atoms with Crippen LogP contribution in [0.4, 0.5) is 4.79 Å². The number of amides is 1. The van der Waals surface area contributed by atoms with E-state index in [0.29, 0.717) is 16.3 Å². The molecule has 0 heterocycles. The van der Waals surface area contributed by atoms with Gasteiger partial charge in [0.25, 0.3) is 0 Å². The normalized spacial score (nSPS) is 10.9. The summed E-state index contributed by atoms with van der Waals surface area (Å²) in [6.07, 6.45) is -0.577. The van der Waals surface area contributed by atoms with Gasteiger partial charge in [0.1, 0.15) is 11.4 Å². The Balaban J connectivity index is 2.70. The third-order valence-corrected chi connectivity index (χ3v) is 2.43. The van der Waals surface area contributed by atoms with Gasteiger partial charge in [0.2, 0.25) is 0 Å². The first-order valence-corrected chi connectivity index (χ1v) is 6.65. The Bertz CT molecular complexity index is 525. The molecule has 1 aromatic carbocycles. The number of benzene rings is 1. The molecule has 0 saturated heterocycles. The Hall–Kier alpha value is -1.95. The highest BCUT2D eigenvalue weighted by atomic mass is 35.5. The zero-order chi connectivity index (χ0) is 16.0. The molecular weight excluding hydrogens is 298 g/mol. The third kappa shape index (κ3) is 6.85. The lowest BCUT2D eigenvalue weighted by atomic mass is 10.2. The van der Waals surface area contributed by atoms with E-state index in [4.69, 9.17) is 26.2 Å². The van der Waals surface area contributed by atoms with Crippen molar-refractivity contribution in [3.05, 3.63) is 28.8 Å². The number of hydrogen-bond acceptors (Lipinski definition) is 4. The number of ether oxygens (including phenoxy) is 2. The van der Waals surface area contributed by atoms with Gasteiger partial charge in [-0.05, 0) is 39.0 Å². The SMILES string of the molecule is CC(C)(C)OC(=O)NCc1cc(Cl)ccc1OCC(=O)O. The molecule has 6 nitrogen and oxygen atoms in total. The van der Waals surface area contributed by atoms with E-state index in [0.717, 1.165) is 0 Å². The van der Waals surface area contributed by atoms with Crippen molar-refractivity contribution in [2.75, 3.05) is 6.61 Å². The van der Waals surface area contributed by atoms with E-state index in [9.17, 15) is 9.59 Å².